The van der Waals surface area contributed by atoms with Crippen molar-refractivity contribution in [3.8, 4) is 17.6 Å². The second kappa shape index (κ2) is 7.23. The second-order valence-corrected chi connectivity index (χ2v) is 5.86. The summed E-state index contributed by atoms with van der Waals surface area (Å²) in [5, 5.41) is 12.0. The number of nitrogens with one attached hydrogen (secondary N) is 1. The highest BCUT2D eigenvalue weighted by atomic mass is 16.7. The molecule has 7 nitrogen and oxygen atoms in total. The van der Waals surface area contributed by atoms with Gasteiger partial charge in [0.15, 0.2) is 11.5 Å². The van der Waals surface area contributed by atoms with Crippen molar-refractivity contribution < 1.29 is 14.3 Å². The van der Waals surface area contributed by atoms with Crippen LogP contribution in [0.3, 0.4) is 0 Å². The molecule has 0 bridgehead atoms. The van der Waals surface area contributed by atoms with Gasteiger partial charge < -0.3 is 24.6 Å². The first-order chi connectivity index (χ1) is 11.7. The van der Waals surface area contributed by atoms with Crippen molar-refractivity contribution in [3.05, 3.63) is 35.5 Å². The Morgan fingerprint density at radius 2 is 2.04 bits per heavy atom. The van der Waals surface area contributed by atoms with Gasteiger partial charge in [-0.05, 0) is 24.7 Å². The summed E-state index contributed by atoms with van der Waals surface area (Å²) in [5.41, 5.74) is 1.02. The van der Waals surface area contributed by atoms with E-state index in [4.69, 9.17) is 9.47 Å². The van der Waals surface area contributed by atoms with Crippen LogP contribution in [0, 0.1) is 11.3 Å². The first-order valence-electron chi connectivity index (χ1n) is 7.87. The number of rotatable bonds is 4. The van der Waals surface area contributed by atoms with Crippen LogP contribution in [0.5, 0.6) is 11.5 Å². The summed E-state index contributed by atoms with van der Waals surface area (Å²) >= 11 is 0. The minimum absolute atomic E-state index is 0.125. The summed E-state index contributed by atoms with van der Waals surface area (Å²) in [4.78, 5) is 16.5. The van der Waals surface area contributed by atoms with Crippen LogP contribution in [0.4, 0.5) is 0 Å². The van der Waals surface area contributed by atoms with Crippen molar-refractivity contribution in [2.75, 3.05) is 40.0 Å². The zero-order valence-corrected chi connectivity index (χ0v) is 13.6. The van der Waals surface area contributed by atoms with Gasteiger partial charge in [0, 0.05) is 38.9 Å². The Morgan fingerprint density at radius 3 is 2.79 bits per heavy atom. The molecular weight excluding hydrogens is 308 g/mol. The third kappa shape index (κ3) is 3.78. The van der Waals surface area contributed by atoms with Crippen LogP contribution in [-0.2, 0) is 11.3 Å². The Balaban J connectivity index is 1.58. The molecule has 1 saturated heterocycles. The van der Waals surface area contributed by atoms with E-state index in [1.165, 1.54) is 0 Å². The van der Waals surface area contributed by atoms with Crippen LogP contribution in [-0.4, -0.2) is 55.7 Å². The van der Waals surface area contributed by atoms with Crippen LogP contribution >= 0.6 is 0 Å². The number of ether oxygens (including phenoxy) is 2. The number of amides is 1. The quantitative estimate of drug-likeness (QED) is 0.647. The lowest BCUT2D eigenvalue weighted by molar-refractivity contribution is -0.117. The van der Waals surface area contributed by atoms with Gasteiger partial charge in [0.25, 0.3) is 5.91 Å². The van der Waals surface area contributed by atoms with E-state index in [9.17, 15) is 10.1 Å². The van der Waals surface area contributed by atoms with Gasteiger partial charge in [-0.3, -0.25) is 4.79 Å². The molecule has 1 aromatic carbocycles. The number of hydrogen-bond donors (Lipinski definition) is 1. The van der Waals surface area contributed by atoms with E-state index in [0.717, 1.165) is 31.7 Å². The first kappa shape index (κ1) is 16.1. The highest BCUT2D eigenvalue weighted by Gasteiger charge is 2.16. The van der Waals surface area contributed by atoms with Crippen LogP contribution in [0.15, 0.2) is 30.0 Å². The lowest BCUT2D eigenvalue weighted by Crippen LogP contribution is -2.42. The number of likely N-dealkylation sites (N-methyl/N-ethyl adjacent to an activating group) is 1. The van der Waals surface area contributed by atoms with E-state index in [1.54, 1.807) is 6.20 Å². The maximum Gasteiger partial charge on any atom is 0.263 e. The van der Waals surface area contributed by atoms with Gasteiger partial charge in [-0.2, -0.15) is 5.26 Å². The first-order valence-corrected chi connectivity index (χ1v) is 7.87. The number of hydrogen-bond acceptors (Lipinski definition) is 6. The number of carbonyl (C=O) groups excluding carboxylic acids is 1. The van der Waals surface area contributed by atoms with E-state index < -0.39 is 0 Å². The van der Waals surface area contributed by atoms with Gasteiger partial charge in [-0.15, -0.1) is 0 Å². The highest BCUT2D eigenvalue weighted by Crippen LogP contribution is 2.32. The Bertz CT molecular complexity index is 688. The monoisotopic (exact) mass is 328 g/mol. The van der Waals surface area contributed by atoms with E-state index >= 15 is 0 Å². The van der Waals surface area contributed by atoms with Crippen LogP contribution in [0.1, 0.15) is 5.56 Å². The lowest BCUT2D eigenvalue weighted by atomic mass is 10.2. The summed E-state index contributed by atoms with van der Waals surface area (Å²) in [6, 6.07) is 7.50. The fraction of sp³-hybridized carbons (Fsp3) is 0.412. The van der Waals surface area contributed by atoms with Crippen molar-refractivity contribution in [3.63, 3.8) is 0 Å². The summed E-state index contributed by atoms with van der Waals surface area (Å²) in [5.74, 6) is 1.02. The van der Waals surface area contributed by atoms with Crippen molar-refractivity contribution >= 4 is 5.91 Å². The molecular formula is C17H20N4O3. The fourth-order valence-electron chi connectivity index (χ4n) is 2.60. The molecule has 1 N–H and O–H groups in total. The molecule has 1 fully saturated rings. The van der Waals surface area contributed by atoms with E-state index in [-0.39, 0.29) is 18.3 Å². The van der Waals surface area contributed by atoms with Gasteiger partial charge in [0.2, 0.25) is 6.79 Å². The zero-order chi connectivity index (χ0) is 16.9. The molecule has 0 saturated carbocycles. The Kier molecular flexibility index (Phi) is 4.87. The molecule has 2 aliphatic heterocycles. The predicted octanol–water partition coefficient (Wildman–Crippen LogP) is 0.686. The average Bonchev–Trinajstić information content (AvgIpc) is 3.07. The van der Waals surface area contributed by atoms with Crippen molar-refractivity contribution in [2.45, 2.75) is 6.54 Å². The largest absolute Gasteiger partial charge is 0.454 e. The lowest BCUT2D eigenvalue weighted by Gasteiger charge is -2.31. The number of nitriles is 1. The SMILES string of the molecule is CN1CCN(/C=C(/C#N)C(=O)NCc2ccc3c(c2)OCO3)CC1. The summed E-state index contributed by atoms with van der Waals surface area (Å²) < 4.78 is 10.6. The van der Waals surface area contributed by atoms with Crippen LogP contribution < -0.4 is 14.8 Å². The Labute approximate surface area is 141 Å². The molecule has 126 valence electrons. The van der Waals surface area contributed by atoms with E-state index in [0.29, 0.717) is 18.0 Å². The van der Waals surface area contributed by atoms with Gasteiger partial charge in [-0.25, -0.2) is 0 Å². The maximum absolute atomic E-state index is 12.2. The van der Waals surface area contributed by atoms with Gasteiger partial charge >= 0.3 is 0 Å². The normalized spacial score (nSPS) is 17.5. The molecule has 0 spiro atoms. The number of carbonyl (C=O) groups is 1. The summed E-state index contributed by atoms with van der Waals surface area (Å²) in [6.45, 7) is 4.03. The average molecular weight is 328 g/mol. The van der Waals surface area contributed by atoms with Crippen molar-refractivity contribution in [1.29, 1.82) is 5.26 Å². The maximum atomic E-state index is 12.2. The molecule has 7 heteroatoms. The Morgan fingerprint density at radius 1 is 1.29 bits per heavy atom. The van der Waals surface area contributed by atoms with Gasteiger partial charge in [0.05, 0.1) is 0 Å². The molecule has 1 aromatic rings. The smallest absolute Gasteiger partial charge is 0.263 e. The minimum Gasteiger partial charge on any atom is -0.454 e. The molecule has 0 unspecified atom stereocenters. The topological polar surface area (TPSA) is 77.8 Å². The third-order valence-corrected chi connectivity index (χ3v) is 4.10. The third-order valence-electron chi connectivity index (χ3n) is 4.10. The van der Waals surface area contributed by atoms with Crippen molar-refractivity contribution in [1.82, 2.24) is 15.1 Å². The molecule has 1 amide bonds. The molecule has 24 heavy (non-hydrogen) atoms. The predicted molar refractivity (Wildman–Crippen MR) is 87.2 cm³/mol. The molecule has 0 radical (unpaired) electrons. The van der Waals surface area contributed by atoms with Gasteiger partial charge in [-0.1, -0.05) is 6.07 Å². The molecule has 3 rings (SSSR count). The molecule has 0 aromatic heterocycles. The Hall–Kier alpha value is -2.72. The highest BCUT2D eigenvalue weighted by molar-refractivity contribution is 5.97. The number of piperazine rings is 1. The standard InChI is InChI=1S/C17H20N4O3/c1-20-4-6-21(7-5-20)11-14(9-18)17(22)19-10-13-2-3-15-16(8-13)24-12-23-15/h2-3,8,11H,4-7,10,12H2,1H3,(H,19,22)/b14-11-. The molecule has 0 atom stereocenters. The van der Waals surface area contributed by atoms with Crippen LogP contribution in [0.2, 0.25) is 0 Å². The summed E-state index contributed by atoms with van der Waals surface area (Å²) in [7, 11) is 2.06. The number of benzene rings is 1. The minimum atomic E-state index is -0.367. The molecule has 0 aliphatic carbocycles. The number of nitrogens with zero attached hydrogens (tertiary/aromatic N) is 3. The van der Waals surface area contributed by atoms with Gasteiger partial charge in [0.1, 0.15) is 11.6 Å². The second-order valence-electron chi connectivity index (χ2n) is 5.86. The van der Waals surface area contributed by atoms with E-state index in [1.807, 2.05) is 29.2 Å². The molecule has 2 aliphatic rings. The number of fused-ring (bicyclic) bond motifs is 1. The molecule has 2 heterocycles. The van der Waals surface area contributed by atoms with Crippen LogP contribution in [0.25, 0.3) is 0 Å². The fourth-order valence-corrected chi connectivity index (χ4v) is 2.60. The summed E-state index contributed by atoms with van der Waals surface area (Å²) in [6.07, 6.45) is 1.65. The van der Waals surface area contributed by atoms with E-state index in [2.05, 4.69) is 17.3 Å². The zero-order valence-electron chi connectivity index (χ0n) is 13.6. The van der Waals surface area contributed by atoms with Crippen molar-refractivity contribution in [2.24, 2.45) is 0 Å².